The summed E-state index contributed by atoms with van der Waals surface area (Å²) in [7, 11) is 0. The van der Waals surface area contributed by atoms with Gasteiger partial charge in [0.15, 0.2) is 0 Å². The summed E-state index contributed by atoms with van der Waals surface area (Å²) in [6, 6.07) is 13.2. The third-order valence-corrected chi connectivity index (χ3v) is 4.22. The molecule has 3 nitrogen and oxygen atoms in total. The summed E-state index contributed by atoms with van der Waals surface area (Å²) in [5, 5.41) is 19.6. The molecule has 2 aromatic carbocycles. The highest BCUT2D eigenvalue weighted by Gasteiger charge is 2.17. The number of aromatic hydroxyl groups is 1. The van der Waals surface area contributed by atoms with E-state index in [0.717, 1.165) is 30.6 Å². The number of hydrogen-bond acceptors (Lipinski definition) is 3. The van der Waals surface area contributed by atoms with Gasteiger partial charge in [0.2, 0.25) is 0 Å². The number of aliphatic hydroxyl groups excluding tert-OH is 1. The van der Waals surface area contributed by atoms with Crippen LogP contribution in [0.4, 0.5) is 4.39 Å². The molecule has 0 unspecified atom stereocenters. The van der Waals surface area contributed by atoms with Crippen molar-refractivity contribution in [1.29, 1.82) is 0 Å². The summed E-state index contributed by atoms with van der Waals surface area (Å²) in [6.07, 6.45) is 2.45. The third kappa shape index (κ3) is 3.97. The van der Waals surface area contributed by atoms with E-state index >= 15 is 0 Å². The molecule has 0 aromatic heterocycles. The molecule has 1 heterocycles. The van der Waals surface area contributed by atoms with Crippen molar-refractivity contribution in [2.24, 2.45) is 0 Å². The average Bonchev–Trinajstić information content (AvgIpc) is 2.57. The van der Waals surface area contributed by atoms with E-state index in [1.807, 2.05) is 12.1 Å². The Labute approximate surface area is 135 Å². The minimum absolute atomic E-state index is 0.272. The van der Waals surface area contributed by atoms with Crippen LogP contribution in [0.25, 0.3) is 5.57 Å². The van der Waals surface area contributed by atoms with Gasteiger partial charge >= 0.3 is 0 Å². The molecular weight excluding hydrogens is 293 g/mol. The number of nitrogens with zero attached hydrogens (tertiary/aromatic N) is 1. The lowest BCUT2D eigenvalue weighted by atomic mass is 9.99. The van der Waals surface area contributed by atoms with E-state index < -0.39 is 6.10 Å². The Bertz CT molecular complexity index is 680. The number of hydrogen-bond donors (Lipinski definition) is 2. The third-order valence-electron chi connectivity index (χ3n) is 4.22. The summed E-state index contributed by atoms with van der Waals surface area (Å²) in [5.74, 6) is -0.0189. The van der Waals surface area contributed by atoms with Crippen LogP contribution in [0.1, 0.15) is 23.7 Å². The molecule has 0 amide bonds. The maximum Gasteiger partial charge on any atom is 0.123 e. The maximum absolute atomic E-state index is 12.9. The highest BCUT2D eigenvalue weighted by atomic mass is 19.1. The molecule has 1 aliphatic rings. The average molecular weight is 313 g/mol. The number of benzene rings is 2. The van der Waals surface area contributed by atoms with E-state index in [1.165, 1.54) is 17.7 Å². The molecular formula is C19H20FNO2. The van der Waals surface area contributed by atoms with Gasteiger partial charge in [0.05, 0.1) is 6.10 Å². The number of phenolic OH excluding ortho intramolecular Hbond substituents is 1. The van der Waals surface area contributed by atoms with E-state index in [-0.39, 0.29) is 11.6 Å². The first-order valence-electron chi connectivity index (χ1n) is 7.76. The fourth-order valence-electron chi connectivity index (χ4n) is 2.85. The van der Waals surface area contributed by atoms with Crippen LogP contribution < -0.4 is 0 Å². The van der Waals surface area contributed by atoms with Crippen molar-refractivity contribution in [2.45, 2.75) is 12.5 Å². The number of aliphatic hydroxyl groups is 1. The molecule has 2 N–H and O–H groups in total. The Morgan fingerprint density at radius 1 is 1.04 bits per heavy atom. The fraction of sp³-hybridized carbons (Fsp3) is 0.263. The zero-order chi connectivity index (χ0) is 16.2. The first-order valence-corrected chi connectivity index (χ1v) is 7.76. The molecule has 1 atom stereocenters. The van der Waals surface area contributed by atoms with Crippen LogP contribution in [0.15, 0.2) is 54.6 Å². The van der Waals surface area contributed by atoms with Crippen LogP contribution in [0, 0.1) is 5.82 Å². The van der Waals surface area contributed by atoms with Gasteiger partial charge in [-0.3, -0.25) is 4.90 Å². The highest BCUT2D eigenvalue weighted by molar-refractivity contribution is 5.67. The Morgan fingerprint density at radius 2 is 1.74 bits per heavy atom. The lowest BCUT2D eigenvalue weighted by molar-refractivity contribution is 0.119. The molecule has 0 saturated heterocycles. The Balaban J connectivity index is 1.60. The van der Waals surface area contributed by atoms with Gasteiger partial charge in [0, 0.05) is 19.6 Å². The molecule has 0 aliphatic carbocycles. The highest BCUT2D eigenvalue weighted by Crippen LogP contribution is 2.25. The topological polar surface area (TPSA) is 43.7 Å². The summed E-state index contributed by atoms with van der Waals surface area (Å²) < 4.78 is 12.9. The number of phenols is 1. The van der Waals surface area contributed by atoms with Crippen molar-refractivity contribution < 1.29 is 14.6 Å². The van der Waals surface area contributed by atoms with Gasteiger partial charge < -0.3 is 10.2 Å². The Hall–Kier alpha value is -2.17. The van der Waals surface area contributed by atoms with Gasteiger partial charge in [0.1, 0.15) is 11.6 Å². The van der Waals surface area contributed by atoms with Gasteiger partial charge in [-0.2, -0.15) is 0 Å². The van der Waals surface area contributed by atoms with Gasteiger partial charge in [0.25, 0.3) is 0 Å². The molecule has 120 valence electrons. The maximum atomic E-state index is 12.9. The van der Waals surface area contributed by atoms with Crippen LogP contribution in [0.5, 0.6) is 5.75 Å². The van der Waals surface area contributed by atoms with E-state index in [0.29, 0.717) is 6.54 Å². The van der Waals surface area contributed by atoms with E-state index in [4.69, 9.17) is 0 Å². The normalized spacial score (nSPS) is 16.9. The van der Waals surface area contributed by atoms with Crippen LogP contribution in [-0.2, 0) is 0 Å². The Morgan fingerprint density at radius 3 is 2.35 bits per heavy atom. The van der Waals surface area contributed by atoms with Crippen molar-refractivity contribution in [3.8, 4) is 5.75 Å². The second-order valence-electron chi connectivity index (χ2n) is 5.85. The number of β-amino-alcohol motifs (C(OH)–C–C–N with tert-alkyl or cyclic N) is 1. The van der Waals surface area contributed by atoms with Gasteiger partial charge in [-0.15, -0.1) is 0 Å². The van der Waals surface area contributed by atoms with Gasteiger partial charge in [-0.05, 0) is 47.4 Å². The molecule has 3 rings (SSSR count). The summed E-state index contributed by atoms with van der Waals surface area (Å²) in [6.45, 7) is 2.17. The SMILES string of the molecule is Oc1ccc(C2=CCN(C[C@@H](O)c3ccc(F)cc3)CC2)cc1. The second kappa shape index (κ2) is 6.94. The zero-order valence-electron chi connectivity index (χ0n) is 12.8. The minimum Gasteiger partial charge on any atom is -0.508 e. The standard InChI is InChI=1S/C19H20FNO2/c20-17-5-1-16(2-6-17)19(23)13-21-11-9-15(10-12-21)14-3-7-18(22)8-4-14/h1-9,19,22-23H,10-13H2/t19-/m1/s1. The quantitative estimate of drug-likeness (QED) is 0.910. The molecule has 0 fully saturated rings. The second-order valence-corrected chi connectivity index (χ2v) is 5.85. The van der Waals surface area contributed by atoms with Gasteiger partial charge in [-0.25, -0.2) is 4.39 Å². The van der Waals surface area contributed by atoms with E-state index in [1.54, 1.807) is 24.3 Å². The van der Waals surface area contributed by atoms with Crippen LogP contribution in [0.3, 0.4) is 0 Å². The molecule has 1 aliphatic heterocycles. The number of rotatable bonds is 4. The van der Waals surface area contributed by atoms with Gasteiger partial charge in [-0.1, -0.05) is 30.3 Å². The molecule has 0 radical (unpaired) electrons. The van der Waals surface area contributed by atoms with Crippen LogP contribution >= 0.6 is 0 Å². The molecule has 4 heteroatoms. The number of halogens is 1. The first-order chi connectivity index (χ1) is 11.1. The molecule has 23 heavy (non-hydrogen) atoms. The fourth-order valence-corrected chi connectivity index (χ4v) is 2.85. The van der Waals surface area contributed by atoms with Crippen molar-refractivity contribution in [2.75, 3.05) is 19.6 Å². The predicted molar refractivity (Wildman–Crippen MR) is 88.5 cm³/mol. The smallest absolute Gasteiger partial charge is 0.123 e. The predicted octanol–water partition coefficient (Wildman–Crippen LogP) is 3.35. The molecule has 0 spiro atoms. The monoisotopic (exact) mass is 313 g/mol. The minimum atomic E-state index is -0.612. The van der Waals surface area contributed by atoms with Crippen molar-refractivity contribution in [1.82, 2.24) is 4.90 Å². The molecule has 2 aromatic rings. The molecule has 0 saturated carbocycles. The summed E-state index contributed by atoms with van der Waals surface area (Å²) in [4.78, 5) is 2.18. The van der Waals surface area contributed by atoms with Crippen LogP contribution in [-0.4, -0.2) is 34.7 Å². The van der Waals surface area contributed by atoms with Crippen LogP contribution in [0.2, 0.25) is 0 Å². The summed E-state index contributed by atoms with van der Waals surface area (Å²) in [5.41, 5.74) is 3.12. The van der Waals surface area contributed by atoms with E-state index in [9.17, 15) is 14.6 Å². The van der Waals surface area contributed by atoms with Crippen molar-refractivity contribution in [3.05, 3.63) is 71.6 Å². The molecule has 0 bridgehead atoms. The lowest BCUT2D eigenvalue weighted by Gasteiger charge is -2.28. The Kier molecular flexibility index (Phi) is 4.74. The van der Waals surface area contributed by atoms with E-state index in [2.05, 4.69) is 11.0 Å². The van der Waals surface area contributed by atoms with Crippen molar-refractivity contribution in [3.63, 3.8) is 0 Å². The zero-order valence-corrected chi connectivity index (χ0v) is 12.8. The lowest BCUT2D eigenvalue weighted by Crippen LogP contribution is -2.32. The largest absolute Gasteiger partial charge is 0.508 e. The first kappa shape index (κ1) is 15.7. The summed E-state index contributed by atoms with van der Waals surface area (Å²) >= 11 is 0. The van der Waals surface area contributed by atoms with Crippen molar-refractivity contribution >= 4 is 5.57 Å².